The molecule has 11 nitrogen and oxygen atoms in total. The summed E-state index contributed by atoms with van der Waals surface area (Å²) in [4.78, 5) is 68.3. The van der Waals surface area contributed by atoms with Crippen molar-refractivity contribution in [3.63, 3.8) is 0 Å². The average Bonchev–Trinajstić information content (AvgIpc) is 3.67. The first-order valence-electron chi connectivity index (χ1n) is 15.7. The molecule has 1 fully saturated rings. The molecule has 4 N–H and O–H groups in total. The smallest absolute Gasteiger partial charge is 0.408 e. The molecule has 0 aromatic heterocycles. The van der Waals surface area contributed by atoms with Gasteiger partial charge in [-0.15, -0.1) is 0 Å². The minimum atomic E-state index is -1.21. The van der Waals surface area contributed by atoms with E-state index < -0.39 is 59.1 Å². The van der Waals surface area contributed by atoms with Crippen LogP contribution in [0.25, 0.3) is 0 Å². The number of nitrogens with two attached hydrogens (primary N) is 1. The van der Waals surface area contributed by atoms with Crippen molar-refractivity contribution in [1.82, 2.24) is 15.5 Å². The van der Waals surface area contributed by atoms with Crippen LogP contribution >= 0.6 is 0 Å². The van der Waals surface area contributed by atoms with Gasteiger partial charge < -0.3 is 30.7 Å². The molecule has 0 bridgehead atoms. The zero-order valence-electron chi connectivity index (χ0n) is 27.9. The Labute approximate surface area is 271 Å². The lowest BCUT2D eigenvalue weighted by molar-refractivity contribution is -0.159. The molecule has 1 saturated carbocycles. The Balaban J connectivity index is 2.03. The molecule has 11 heteroatoms. The number of carbonyl (C=O) groups excluding carboxylic acids is 5. The number of amides is 4. The highest BCUT2D eigenvalue weighted by Gasteiger charge is 2.48. The van der Waals surface area contributed by atoms with E-state index in [2.05, 4.69) is 10.6 Å². The molecule has 1 aliphatic rings. The Bertz CT molecular complexity index is 1370. The summed E-state index contributed by atoms with van der Waals surface area (Å²) in [5.74, 6) is -2.35. The number of ether oxygens (including phenoxy) is 2. The second-order valence-corrected chi connectivity index (χ2v) is 13.8. The van der Waals surface area contributed by atoms with Crippen molar-refractivity contribution < 1.29 is 33.4 Å². The molecule has 4 amide bonds. The Kier molecular flexibility index (Phi) is 12.0. The van der Waals surface area contributed by atoms with Crippen LogP contribution in [0, 0.1) is 5.92 Å². The van der Waals surface area contributed by atoms with Crippen LogP contribution in [0.1, 0.15) is 84.9 Å². The molecule has 250 valence electrons. The molecule has 0 aliphatic heterocycles. The summed E-state index contributed by atoms with van der Waals surface area (Å²) in [6, 6.07) is 14.3. The molecule has 2 aromatic rings. The van der Waals surface area contributed by atoms with Crippen molar-refractivity contribution in [3.05, 3.63) is 71.8 Å². The maximum atomic E-state index is 14.4. The normalized spacial score (nSPS) is 17.9. The van der Waals surface area contributed by atoms with E-state index in [1.807, 2.05) is 37.3 Å². The number of nitrogens with zero attached hydrogens (tertiary/aromatic N) is 1. The molecule has 0 saturated heterocycles. The molecule has 0 heterocycles. The van der Waals surface area contributed by atoms with Gasteiger partial charge in [0.2, 0.25) is 17.7 Å². The Morgan fingerprint density at radius 1 is 0.848 bits per heavy atom. The number of alkyl carbamates (subject to hydrolysis) is 1. The Morgan fingerprint density at radius 2 is 1.39 bits per heavy atom. The Hall–Kier alpha value is -4.41. The number of esters is 1. The minimum Gasteiger partial charge on any atom is -0.458 e. The molecule has 2 aromatic carbocycles. The third kappa shape index (κ3) is 11.2. The predicted octanol–water partition coefficient (Wildman–Crippen LogP) is 4.19. The van der Waals surface area contributed by atoms with E-state index in [4.69, 9.17) is 15.2 Å². The maximum absolute atomic E-state index is 14.4. The average molecular weight is 637 g/mol. The van der Waals surface area contributed by atoms with Crippen molar-refractivity contribution in [2.75, 3.05) is 0 Å². The lowest BCUT2D eigenvalue weighted by Crippen LogP contribution is -2.56. The highest BCUT2D eigenvalue weighted by molar-refractivity contribution is 5.94. The van der Waals surface area contributed by atoms with Crippen LogP contribution in [0.5, 0.6) is 0 Å². The number of benzene rings is 2. The van der Waals surface area contributed by atoms with Crippen molar-refractivity contribution in [2.24, 2.45) is 11.7 Å². The molecule has 3 rings (SSSR count). The molecular weight excluding hydrogens is 588 g/mol. The molecule has 46 heavy (non-hydrogen) atoms. The monoisotopic (exact) mass is 636 g/mol. The lowest BCUT2D eigenvalue weighted by Gasteiger charge is -2.36. The highest BCUT2D eigenvalue weighted by Crippen LogP contribution is 2.41. The standard InChI is InChI=1S/C35H48N4O7/c1-22-20-27(22)39(31(42)25(18-19-28(36)40)38-33(44)46-35(5,6)7)29(24-16-12-9-13-17-24)30(41)37-26(32(43)45-34(2,3)4)21-23-14-10-8-11-15-23/h8-17,22,25-27,29H,18-21H2,1-7H3,(H2,36,40)(H,37,41)(H,38,44). The summed E-state index contributed by atoms with van der Waals surface area (Å²) in [5.41, 5.74) is 5.10. The molecule has 5 unspecified atom stereocenters. The van der Waals surface area contributed by atoms with Crippen molar-refractivity contribution in [3.8, 4) is 0 Å². The van der Waals surface area contributed by atoms with E-state index in [1.165, 1.54) is 4.90 Å². The number of hydrogen-bond donors (Lipinski definition) is 3. The van der Waals surface area contributed by atoms with Crippen LogP contribution in [-0.2, 0) is 35.1 Å². The first kappa shape index (κ1) is 36.1. The summed E-state index contributed by atoms with van der Waals surface area (Å²) in [7, 11) is 0. The van der Waals surface area contributed by atoms with Crippen LogP contribution in [0.2, 0.25) is 0 Å². The van der Waals surface area contributed by atoms with E-state index in [9.17, 15) is 24.0 Å². The lowest BCUT2D eigenvalue weighted by atomic mass is 9.99. The number of hydrogen-bond acceptors (Lipinski definition) is 7. The quantitative estimate of drug-likeness (QED) is 0.278. The second kappa shape index (κ2) is 15.2. The van der Waals surface area contributed by atoms with Crippen molar-refractivity contribution >= 4 is 29.8 Å². The number of rotatable bonds is 13. The fourth-order valence-electron chi connectivity index (χ4n) is 5.09. The van der Waals surface area contributed by atoms with Gasteiger partial charge in [0.25, 0.3) is 0 Å². The summed E-state index contributed by atoms with van der Waals surface area (Å²) >= 11 is 0. The number of nitrogens with one attached hydrogen (secondary N) is 2. The highest BCUT2D eigenvalue weighted by atomic mass is 16.6. The maximum Gasteiger partial charge on any atom is 0.408 e. The van der Waals surface area contributed by atoms with Gasteiger partial charge in [-0.2, -0.15) is 0 Å². The number of primary amides is 1. The van der Waals surface area contributed by atoms with Gasteiger partial charge in [0.1, 0.15) is 29.3 Å². The van der Waals surface area contributed by atoms with Gasteiger partial charge in [-0.1, -0.05) is 67.6 Å². The first-order chi connectivity index (χ1) is 21.4. The largest absolute Gasteiger partial charge is 0.458 e. The summed E-state index contributed by atoms with van der Waals surface area (Å²) < 4.78 is 11.1. The van der Waals surface area contributed by atoms with E-state index in [0.717, 1.165) is 5.56 Å². The third-order valence-corrected chi connectivity index (χ3v) is 7.28. The molecule has 5 atom stereocenters. The minimum absolute atomic E-state index is 0.0623. The fraction of sp³-hybridized carbons (Fsp3) is 0.514. The summed E-state index contributed by atoms with van der Waals surface area (Å²) in [6.45, 7) is 12.3. The second-order valence-electron chi connectivity index (χ2n) is 13.8. The van der Waals surface area contributed by atoms with Gasteiger partial charge in [-0.3, -0.25) is 14.4 Å². The zero-order valence-corrected chi connectivity index (χ0v) is 27.9. The summed E-state index contributed by atoms with van der Waals surface area (Å²) in [6.07, 6.45) is -0.328. The number of carbonyl (C=O) groups is 5. The van der Waals surface area contributed by atoms with Gasteiger partial charge in [0, 0.05) is 18.9 Å². The van der Waals surface area contributed by atoms with E-state index in [-0.39, 0.29) is 31.2 Å². The fourth-order valence-corrected chi connectivity index (χ4v) is 5.09. The van der Waals surface area contributed by atoms with Crippen LogP contribution in [-0.4, -0.2) is 64.0 Å². The first-order valence-corrected chi connectivity index (χ1v) is 15.7. The van der Waals surface area contributed by atoms with Gasteiger partial charge in [-0.25, -0.2) is 9.59 Å². The SMILES string of the molecule is CC1CC1N(C(=O)C(CCC(N)=O)NC(=O)OC(C)(C)C)C(C(=O)NC(Cc1ccccc1)C(=O)OC(C)(C)C)c1ccccc1. The molecule has 0 radical (unpaired) electrons. The topological polar surface area (TPSA) is 157 Å². The summed E-state index contributed by atoms with van der Waals surface area (Å²) in [5, 5.41) is 5.49. The molecule has 1 aliphatic carbocycles. The predicted molar refractivity (Wildman–Crippen MR) is 173 cm³/mol. The van der Waals surface area contributed by atoms with Gasteiger partial charge in [-0.05, 0) is 71.4 Å². The van der Waals surface area contributed by atoms with Crippen molar-refractivity contribution in [2.45, 2.75) is 110 Å². The van der Waals surface area contributed by atoms with Crippen LogP contribution in [0.3, 0.4) is 0 Å². The van der Waals surface area contributed by atoms with Crippen LogP contribution in [0.4, 0.5) is 4.79 Å². The van der Waals surface area contributed by atoms with E-state index in [1.54, 1.807) is 71.9 Å². The Morgan fingerprint density at radius 3 is 1.89 bits per heavy atom. The third-order valence-electron chi connectivity index (χ3n) is 7.28. The van der Waals surface area contributed by atoms with E-state index >= 15 is 0 Å². The van der Waals surface area contributed by atoms with Gasteiger partial charge >= 0.3 is 12.1 Å². The zero-order chi connectivity index (χ0) is 34.2. The van der Waals surface area contributed by atoms with Gasteiger partial charge in [0.05, 0.1) is 0 Å². The van der Waals surface area contributed by atoms with E-state index in [0.29, 0.717) is 12.0 Å². The van der Waals surface area contributed by atoms with Gasteiger partial charge in [0.15, 0.2) is 0 Å². The van der Waals surface area contributed by atoms with Crippen LogP contribution < -0.4 is 16.4 Å². The molecular formula is C35H48N4O7. The van der Waals surface area contributed by atoms with Crippen molar-refractivity contribution in [1.29, 1.82) is 0 Å². The van der Waals surface area contributed by atoms with Crippen LogP contribution in [0.15, 0.2) is 60.7 Å². The molecule has 0 spiro atoms.